The fourth-order valence-electron chi connectivity index (χ4n) is 3.16. The molecule has 0 atom stereocenters. The number of hydrogen-bond donors (Lipinski definition) is 0. The summed E-state index contributed by atoms with van der Waals surface area (Å²) < 4.78 is 3.09. The molecule has 0 aliphatic carbocycles. The van der Waals surface area contributed by atoms with Crippen LogP contribution in [0.15, 0.2) is 42.2 Å². The van der Waals surface area contributed by atoms with Crippen molar-refractivity contribution in [2.24, 2.45) is 0 Å². The van der Waals surface area contributed by atoms with E-state index in [2.05, 4.69) is 60.1 Å². The van der Waals surface area contributed by atoms with Crippen LogP contribution in [0.25, 0.3) is 27.3 Å². The van der Waals surface area contributed by atoms with Crippen LogP contribution < -0.4 is 0 Å². The molecule has 0 fully saturated rings. The summed E-state index contributed by atoms with van der Waals surface area (Å²) in [4.78, 5) is 9.02. The van der Waals surface area contributed by atoms with Gasteiger partial charge in [0.25, 0.3) is 0 Å². The lowest BCUT2D eigenvalue weighted by Gasteiger charge is -2.13. The molecule has 0 amide bonds. The van der Waals surface area contributed by atoms with Crippen molar-refractivity contribution in [3.63, 3.8) is 0 Å². The number of hydrogen-bond acceptors (Lipinski definition) is 4. The van der Waals surface area contributed by atoms with Crippen molar-refractivity contribution in [2.75, 3.05) is 0 Å². The molecule has 0 radical (unpaired) electrons. The summed E-state index contributed by atoms with van der Waals surface area (Å²) in [7, 11) is 0. The van der Waals surface area contributed by atoms with Gasteiger partial charge in [0.15, 0.2) is 5.82 Å². The van der Waals surface area contributed by atoms with Gasteiger partial charge in [0.1, 0.15) is 6.33 Å². The van der Waals surface area contributed by atoms with E-state index >= 15 is 0 Å². The van der Waals surface area contributed by atoms with Gasteiger partial charge in [-0.1, -0.05) is 23.8 Å². The molecule has 4 rings (SSSR count). The molecule has 0 bridgehead atoms. The zero-order chi connectivity index (χ0) is 16.0. The number of aromatic nitrogens is 4. The fourth-order valence-corrected chi connectivity index (χ4v) is 3.87. The van der Waals surface area contributed by atoms with Crippen LogP contribution in [0, 0.1) is 20.8 Å². The fraction of sp³-hybridized carbons (Fsp3) is 0.167. The Morgan fingerprint density at radius 3 is 2.57 bits per heavy atom. The third-order valence-electron chi connectivity index (χ3n) is 4.00. The summed E-state index contributed by atoms with van der Waals surface area (Å²) in [6.45, 7) is 6.34. The molecule has 23 heavy (non-hydrogen) atoms. The van der Waals surface area contributed by atoms with E-state index in [0.29, 0.717) is 0 Å². The molecule has 2 heterocycles. The number of rotatable bonds is 2. The first-order chi connectivity index (χ1) is 11.1. The summed E-state index contributed by atoms with van der Waals surface area (Å²) in [5.74, 6) is 0.830. The normalized spacial score (nSPS) is 11.3. The first kappa shape index (κ1) is 14.1. The maximum atomic E-state index is 4.51. The van der Waals surface area contributed by atoms with Crippen molar-refractivity contribution in [2.45, 2.75) is 20.8 Å². The molecule has 2 aromatic heterocycles. The van der Waals surface area contributed by atoms with E-state index < -0.39 is 0 Å². The van der Waals surface area contributed by atoms with Gasteiger partial charge in [0.05, 0.1) is 21.4 Å². The molecular formula is C18H16N4S. The highest BCUT2D eigenvalue weighted by atomic mass is 32.1. The van der Waals surface area contributed by atoms with Crippen LogP contribution in [-0.4, -0.2) is 19.7 Å². The van der Waals surface area contributed by atoms with E-state index in [1.54, 1.807) is 17.7 Å². The summed E-state index contributed by atoms with van der Waals surface area (Å²) in [5.41, 5.74) is 8.61. The molecule has 5 heteroatoms. The van der Waals surface area contributed by atoms with Gasteiger partial charge in [-0.15, -0.1) is 11.3 Å². The summed E-state index contributed by atoms with van der Waals surface area (Å²) >= 11 is 1.64. The SMILES string of the molecule is Cc1cc(C)c(-n2ncnc2-c2cccc3scnc23)c(C)c1. The molecule has 0 aliphatic rings. The summed E-state index contributed by atoms with van der Waals surface area (Å²) in [5, 5.41) is 4.49. The minimum absolute atomic E-state index is 0.830. The Morgan fingerprint density at radius 1 is 1.00 bits per heavy atom. The molecule has 0 saturated heterocycles. The molecule has 114 valence electrons. The monoisotopic (exact) mass is 320 g/mol. The third-order valence-corrected chi connectivity index (χ3v) is 4.79. The van der Waals surface area contributed by atoms with Crippen molar-refractivity contribution in [3.05, 3.63) is 58.9 Å². The van der Waals surface area contributed by atoms with Crippen molar-refractivity contribution in [1.29, 1.82) is 0 Å². The van der Waals surface area contributed by atoms with Gasteiger partial charge in [-0.25, -0.2) is 14.6 Å². The zero-order valence-corrected chi connectivity index (χ0v) is 14.1. The first-order valence-corrected chi connectivity index (χ1v) is 8.34. The maximum absolute atomic E-state index is 4.51. The second kappa shape index (κ2) is 5.28. The second-order valence-corrected chi connectivity index (χ2v) is 6.63. The van der Waals surface area contributed by atoms with E-state index in [9.17, 15) is 0 Å². The highest BCUT2D eigenvalue weighted by Crippen LogP contribution is 2.31. The zero-order valence-electron chi connectivity index (χ0n) is 13.2. The lowest BCUT2D eigenvalue weighted by molar-refractivity contribution is 0.870. The lowest BCUT2D eigenvalue weighted by Crippen LogP contribution is -2.05. The van der Waals surface area contributed by atoms with Crippen LogP contribution in [0.1, 0.15) is 16.7 Å². The Hall–Kier alpha value is -2.53. The number of fused-ring (bicyclic) bond motifs is 1. The van der Waals surface area contributed by atoms with Gasteiger partial charge in [-0.2, -0.15) is 5.10 Å². The van der Waals surface area contributed by atoms with Crippen LogP contribution in [0.5, 0.6) is 0 Å². The molecule has 0 spiro atoms. The van der Waals surface area contributed by atoms with E-state index in [1.807, 2.05) is 16.3 Å². The summed E-state index contributed by atoms with van der Waals surface area (Å²) in [6.07, 6.45) is 1.61. The smallest absolute Gasteiger partial charge is 0.165 e. The van der Waals surface area contributed by atoms with E-state index in [4.69, 9.17) is 0 Å². The molecule has 4 nitrogen and oxygen atoms in total. The Balaban J connectivity index is 1.99. The number of benzene rings is 2. The van der Waals surface area contributed by atoms with E-state index in [-0.39, 0.29) is 0 Å². The highest BCUT2D eigenvalue weighted by molar-refractivity contribution is 7.16. The maximum Gasteiger partial charge on any atom is 0.165 e. The highest BCUT2D eigenvalue weighted by Gasteiger charge is 2.16. The molecule has 0 N–H and O–H groups in total. The topological polar surface area (TPSA) is 43.6 Å². The predicted octanol–water partition coefficient (Wildman–Crippen LogP) is 4.47. The van der Waals surface area contributed by atoms with Crippen molar-refractivity contribution < 1.29 is 0 Å². The van der Waals surface area contributed by atoms with E-state index in [0.717, 1.165) is 27.3 Å². The molecule has 0 aliphatic heterocycles. The lowest BCUT2D eigenvalue weighted by atomic mass is 10.0. The van der Waals surface area contributed by atoms with Gasteiger partial charge in [0, 0.05) is 5.56 Å². The van der Waals surface area contributed by atoms with Gasteiger partial charge < -0.3 is 0 Å². The van der Waals surface area contributed by atoms with Gasteiger partial charge in [-0.05, 0) is 44.0 Å². The van der Waals surface area contributed by atoms with Crippen LogP contribution in [-0.2, 0) is 0 Å². The van der Waals surface area contributed by atoms with Crippen LogP contribution in [0.4, 0.5) is 0 Å². The minimum atomic E-state index is 0.830. The number of thiazole rings is 1. The number of para-hydroxylation sites is 1. The summed E-state index contributed by atoms with van der Waals surface area (Å²) in [6, 6.07) is 10.5. The Labute approximate surface area is 138 Å². The third kappa shape index (κ3) is 2.24. The Morgan fingerprint density at radius 2 is 1.78 bits per heavy atom. The molecule has 0 saturated carbocycles. The minimum Gasteiger partial charge on any atom is -0.244 e. The molecular weight excluding hydrogens is 304 g/mol. The quantitative estimate of drug-likeness (QED) is 0.547. The van der Waals surface area contributed by atoms with Crippen LogP contribution in [0.3, 0.4) is 0 Å². The standard InChI is InChI=1S/C18H16N4S/c1-11-7-12(2)17(13(3)8-11)22-18(19-9-21-22)14-5-4-6-15-16(14)20-10-23-15/h4-10H,1-3H3. The van der Waals surface area contributed by atoms with Crippen LogP contribution >= 0.6 is 11.3 Å². The average molecular weight is 320 g/mol. The van der Waals surface area contributed by atoms with Gasteiger partial charge >= 0.3 is 0 Å². The van der Waals surface area contributed by atoms with Crippen molar-refractivity contribution in [3.8, 4) is 17.1 Å². The predicted molar refractivity (Wildman–Crippen MR) is 94.2 cm³/mol. The average Bonchev–Trinajstić information content (AvgIpc) is 3.14. The van der Waals surface area contributed by atoms with Crippen molar-refractivity contribution >= 4 is 21.6 Å². The second-order valence-electron chi connectivity index (χ2n) is 5.75. The number of nitrogens with zero attached hydrogens (tertiary/aromatic N) is 4. The Bertz CT molecular complexity index is 990. The number of aryl methyl sites for hydroxylation is 3. The molecule has 0 unspecified atom stereocenters. The van der Waals surface area contributed by atoms with Gasteiger partial charge in [-0.3, -0.25) is 0 Å². The molecule has 4 aromatic rings. The first-order valence-electron chi connectivity index (χ1n) is 7.46. The largest absolute Gasteiger partial charge is 0.244 e. The molecule has 2 aromatic carbocycles. The Kier molecular flexibility index (Phi) is 3.23. The van der Waals surface area contributed by atoms with Gasteiger partial charge in [0.2, 0.25) is 0 Å². The van der Waals surface area contributed by atoms with Crippen LogP contribution in [0.2, 0.25) is 0 Å². The van der Waals surface area contributed by atoms with E-state index in [1.165, 1.54) is 16.7 Å². The van der Waals surface area contributed by atoms with Crippen molar-refractivity contribution in [1.82, 2.24) is 19.7 Å².